The molecule has 0 fully saturated rings. The number of carbonyl (C=O) groups is 2. The first kappa shape index (κ1) is 34.0. The van der Waals surface area contributed by atoms with Crippen LogP contribution >= 0.6 is 11.3 Å². The van der Waals surface area contributed by atoms with Crippen LogP contribution in [0.3, 0.4) is 0 Å². The Labute approximate surface area is 251 Å². The zero-order valence-electron chi connectivity index (χ0n) is 24.5. The lowest BCUT2D eigenvalue weighted by Crippen LogP contribution is -2.43. The molecule has 0 saturated carbocycles. The van der Waals surface area contributed by atoms with E-state index in [-0.39, 0.29) is 15.4 Å². The van der Waals surface area contributed by atoms with Crippen LogP contribution in [0, 0.1) is 17.5 Å². The topological polar surface area (TPSA) is 126 Å². The first-order valence-corrected chi connectivity index (χ1v) is 15.2. The molecule has 10 nitrogen and oxygen atoms in total. The molecule has 0 spiro atoms. The van der Waals surface area contributed by atoms with Gasteiger partial charge in [-0.3, -0.25) is 4.79 Å². The smallest absolute Gasteiger partial charge is 0.430 e. The average Bonchev–Trinajstić information content (AvgIpc) is 3.33. The molecule has 0 bridgehead atoms. The highest BCUT2D eigenvalue weighted by atomic mass is 32.2. The summed E-state index contributed by atoms with van der Waals surface area (Å²) in [4.78, 5) is 28.3. The Morgan fingerprint density at radius 3 is 2.12 bits per heavy atom. The molecule has 0 aliphatic rings. The molecular formula is C28H32F3N3O7S2. The van der Waals surface area contributed by atoms with Gasteiger partial charge in [0.05, 0.1) is 17.7 Å². The van der Waals surface area contributed by atoms with Crippen LogP contribution < -0.4 is 9.21 Å². The van der Waals surface area contributed by atoms with Crippen LogP contribution in [0.15, 0.2) is 46.1 Å². The first-order valence-electron chi connectivity index (χ1n) is 12.8. The van der Waals surface area contributed by atoms with Crippen LogP contribution in [0.25, 0.3) is 0 Å². The van der Waals surface area contributed by atoms with E-state index in [0.29, 0.717) is 12.1 Å². The van der Waals surface area contributed by atoms with Crippen molar-refractivity contribution in [1.29, 1.82) is 0 Å². The third-order valence-corrected chi connectivity index (χ3v) is 7.85. The number of aliphatic hydroxyl groups is 1. The highest BCUT2D eigenvalue weighted by Gasteiger charge is 2.40. The van der Waals surface area contributed by atoms with E-state index in [0.717, 1.165) is 22.3 Å². The molecule has 2 aromatic carbocycles. The molecule has 1 heterocycles. The van der Waals surface area contributed by atoms with Gasteiger partial charge in [0.15, 0.2) is 16.5 Å². The number of sulfonamides is 1. The molecule has 1 atom stereocenters. The second kappa shape index (κ2) is 12.6. The van der Waals surface area contributed by atoms with E-state index in [1.807, 2.05) is 0 Å². The van der Waals surface area contributed by atoms with Crippen LogP contribution in [0.1, 0.15) is 64.4 Å². The lowest BCUT2D eigenvalue weighted by molar-refractivity contribution is -0.165. The zero-order valence-corrected chi connectivity index (χ0v) is 26.1. The molecule has 1 N–H and O–H groups in total. The van der Waals surface area contributed by atoms with Gasteiger partial charge in [0, 0.05) is 22.2 Å². The van der Waals surface area contributed by atoms with Crippen molar-refractivity contribution in [2.75, 3.05) is 9.21 Å². The quantitative estimate of drug-likeness (QED) is 0.221. The summed E-state index contributed by atoms with van der Waals surface area (Å²) in [5, 5.41) is 12.1. The fourth-order valence-corrected chi connectivity index (χ4v) is 5.83. The molecule has 1 unspecified atom stereocenters. The molecule has 0 radical (unpaired) electrons. The number of thiazole rings is 1. The predicted octanol–water partition coefficient (Wildman–Crippen LogP) is 5.99. The molecular weight excluding hydrogens is 611 g/mol. The Morgan fingerprint density at radius 2 is 1.63 bits per heavy atom. The van der Waals surface area contributed by atoms with Gasteiger partial charge in [-0.1, -0.05) is 12.1 Å². The Hall–Kier alpha value is -3.53. The SMILES string of the molecule is CC(=O)c1cccc(F)c1CN(c1cc(F)c(S(=O)(=O)N(C(=O)OC(C)(C)C)c2cscn2)c(F)c1)C(O)OC(C)(C)C. The summed E-state index contributed by atoms with van der Waals surface area (Å²) in [6, 6.07) is 4.87. The van der Waals surface area contributed by atoms with E-state index in [2.05, 4.69) is 4.98 Å². The monoisotopic (exact) mass is 643 g/mol. The number of Topliss-reactive ketones (excluding diaryl/α,β-unsaturated/α-hetero) is 1. The summed E-state index contributed by atoms with van der Waals surface area (Å²) in [6.45, 7) is 9.75. The summed E-state index contributed by atoms with van der Waals surface area (Å²) in [7, 11) is -5.30. The van der Waals surface area contributed by atoms with E-state index in [1.165, 1.54) is 50.7 Å². The number of benzene rings is 2. The molecule has 43 heavy (non-hydrogen) atoms. The van der Waals surface area contributed by atoms with Gasteiger partial charge in [-0.25, -0.2) is 31.4 Å². The number of carbonyl (C=O) groups excluding carboxylic acids is 2. The second-order valence-electron chi connectivity index (χ2n) is 11.3. The third-order valence-electron chi connectivity index (χ3n) is 5.55. The van der Waals surface area contributed by atoms with Crippen molar-refractivity contribution in [1.82, 2.24) is 4.98 Å². The Bertz CT molecular complexity index is 1580. The minimum atomic E-state index is -5.30. The standard InChI is InChI=1S/C28H32F3N3O7S2/c1-16(35)18-9-8-10-20(29)19(18)13-33(25(36)40-27(2,3)4)17-11-21(30)24(22(31)12-17)43(38,39)34(23-14-42-15-32-23)26(37)41-28(5,6)7/h8-12,14-15,25,36H,13H2,1-7H3. The molecule has 1 aromatic heterocycles. The maximum Gasteiger partial charge on any atom is 0.430 e. The fourth-order valence-electron chi connectivity index (χ4n) is 3.87. The van der Waals surface area contributed by atoms with E-state index in [4.69, 9.17) is 9.47 Å². The van der Waals surface area contributed by atoms with Crippen LogP contribution in [0.4, 0.5) is 29.5 Å². The van der Waals surface area contributed by atoms with Crippen LogP contribution in [0.5, 0.6) is 0 Å². The lowest BCUT2D eigenvalue weighted by atomic mass is 10.0. The predicted molar refractivity (Wildman–Crippen MR) is 154 cm³/mol. The van der Waals surface area contributed by atoms with Gasteiger partial charge in [0.25, 0.3) is 10.0 Å². The number of anilines is 2. The first-order chi connectivity index (χ1) is 19.7. The van der Waals surface area contributed by atoms with Gasteiger partial charge in [-0.2, -0.15) is 0 Å². The van der Waals surface area contributed by atoms with Gasteiger partial charge >= 0.3 is 6.09 Å². The second-order valence-corrected chi connectivity index (χ2v) is 13.8. The molecule has 0 aliphatic carbocycles. The zero-order chi connectivity index (χ0) is 32.5. The number of aliphatic hydroxyl groups excluding tert-OH is 1. The van der Waals surface area contributed by atoms with Crippen LogP contribution in [-0.4, -0.2) is 48.0 Å². The molecule has 234 valence electrons. The highest BCUT2D eigenvalue weighted by Crippen LogP contribution is 2.34. The summed E-state index contributed by atoms with van der Waals surface area (Å²) in [5.41, 5.74) is -1.67. The Balaban J connectivity index is 2.18. The van der Waals surface area contributed by atoms with Crippen molar-refractivity contribution in [2.24, 2.45) is 0 Å². The largest absolute Gasteiger partial charge is 0.443 e. The number of halogens is 3. The average molecular weight is 644 g/mol. The van der Waals surface area contributed by atoms with Crippen molar-refractivity contribution in [3.05, 3.63) is 69.8 Å². The van der Waals surface area contributed by atoms with Gasteiger partial charge in [-0.05, 0) is 66.7 Å². The van der Waals surface area contributed by atoms with Gasteiger partial charge in [0.1, 0.15) is 23.1 Å². The summed E-state index contributed by atoms with van der Waals surface area (Å²) in [5.74, 6) is -5.09. The van der Waals surface area contributed by atoms with Crippen molar-refractivity contribution in [3.8, 4) is 0 Å². The summed E-state index contributed by atoms with van der Waals surface area (Å²) >= 11 is 0.927. The molecule has 0 aliphatic heterocycles. The van der Waals surface area contributed by atoms with E-state index in [9.17, 15) is 27.5 Å². The normalized spacial score (nSPS) is 13.0. The summed E-state index contributed by atoms with van der Waals surface area (Å²) < 4.78 is 84.2. The number of nitrogens with zero attached hydrogens (tertiary/aromatic N) is 3. The van der Waals surface area contributed by atoms with Crippen molar-refractivity contribution in [2.45, 2.75) is 77.5 Å². The minimum absolute atomic E-state index is 0.0454. The van der Waals surface area contributed by atoms with Gasteiger partial charge < -0.3 is 19.5 Å². The van der Waals surface area contributed by atoms with Gasteiger partial charge in [-0.15, -0.1) is 15.6 Å². The van der Waals surface area contributed by atoms with E-state index >= 15 is 8.78 Å². The highest BCUT2D eigenvalue weighted by molar-refractivity contribution is 7.93. The van der Waals surface area contributed by atoms with Crippen LogP contribution in [0.2, 0.25) is 0 Å². The van der Waals surface area contributed by atoms with E-state index in [1.54, 1.807) is 20.8 Å². The van der Waals surface area contributed by atoms with Crippen molar-refractivity contribution in [3.63, 3.8) is 0 Å². The maximum atomic E-state index is 15.7. The number of ether oxygens (including phenoxy) is 2. The van der Waals surface area contributed by atoms with Crippen molar-refractivity contribution >= 4 is 44.7 Å². The number of hydrogen-bond donors (Lipinski definition) is 1. The number of amides is 1. The molecule has 0 saturated heterocycles. The number of rotatable bonds is 9. The molecule has 15 heteroatoms. The number of hydrogen-bond acceptors (Lipinski definition) is 10. The third kappa shape index (κ3) is 8.10. The van der Waals surface area contributed by atoms with Crippen LogP contribution in [-0.2, 0) is 26.0 Å². The molecule has 1 amide bonds. The summed E-state index contributed by atoms with van der Waals surface area (Å²) in [6.07, 6.45) is -3.39. The molecule has 3 aromatic rings. The number of aromatic nitrogens is 1. The fraction of sp³-hybridized carbons (Fsp3) is 0.393. The minimum Gasteiger partial charge on any atom is -0.443 e. The lowest BCUT2D eigenvalue weighted by Gasteiger charge is -2.34. The maximum absolute atomic E-state index is 15.7. The Morgan fingerprint density at radius 1 is 1.02 bits per heavy atom. The molecule has 3 rings (SSSR count). The Kier molecular flexibility index (Phi) is 9.95. The van der Waals surface area contributed by atoms with E-state index < -0.39 is 79.9 Å². The van der Waals surface area contributed by atoms with Crippen molar-refractivity contribution < 1.29 is 45.8 Å². The number of ketones is 1. The van der Waals surface area contributed by atoms with Gasteiger partial charge in [0.2, 0.25) is 6.41 Å².